The Morgan fingerprint density at radius 1 is 1.02 bits per heavy atom. The Bertz CT molecular complexity index is 1410. The highest BCUT2D eigenvalue weighted by molar-refractivity contribution is 7.90. The molecule has 3 unspecified atom stereocenters. The van der Waals surface area contributed by atoms with Crippen molar-refractivity contribution in [2.24, 2.45) is 11.8 Å². The molecule has 4 N–H and O–H groups in total. The average molecular weight is 573 g/mol. The molecule has 214 valence electrons. The third-order valence-corrected chi connectivity index (χ3v) is 8.32. The Hall–Kier alpha value is -4.13. The highest BCUT2D eigenvalue weighted by Gasteiger charge is 2.62. The molecule has 1 heterocycles. The fourth-order valence-electron chi connectivity index (χ4n) is 4.65. The van der Waals surface area contributed by atoms with Crippen LogP contribution in [0.3, 0.4) is 0 Å². The van der Waals surface area contributed by atoms with E-state index in [2.05, 4.69) is 16.0 Å². The molecular weight excluding hydrogens is 540 g/mol. The number of carbonyl (C=O) groups is 4. The Labute approximate surface area is 232 Å². The van der Waals surface area contributed by atoms with Gasteiger partial charge < -0.3 is 25.4 Å². The van der Waals surface area contributed by atoms with Crippen LogP contribution in [0.5, 0.6) is 11.5 Å². The second kappa shape index (κ2) is 11.5. The van der Waals surface area contributed by atoms with Crippen molar-refractivity contribution in [1.82, 2.24) is 20.7 Å². The summed E-state index contributed by atoms with van der Waals surface area (Å²) < 4.78 is 37.5. The van der Waals surface area contributed by atoms with E-state index in [1.165, 1.54) is 18.2 Å². The van der Waals surface area contributed by atoms with Crippen LogP contribution in [0.1, 0.15) is 39.2 Å². The van der Waals surface area contributed by atoms with E-state index in [0.717, 1.165) is 5.56 Å². The van der Waals surface area contributed by atoms with Gasteiger partial charge >= 0.3 is 11.9 Å². The van der Waals surface area contributed by atoms with Gasteiger partial charge in [0, 0.05) is 12.6 Å². The summed E-state index contributed by atoms with van der Waals surface area (Å²) in [5.41, 5.74) is -0.386. The van der Waals surface area contributed by atoms with Crippen molar-refractivity contribution in [2.45, 2.75) is 56.6 Å². The SMILES string of the molecule is CCC(NC(=O)C1(NC(=O)NCc2ccccc2)CC1C(C)C)C(=O)C(=O)NS(=O)(=O)c1ccc2c(c1)OCO2. The number of carbonyl (C=O) groups excluding carboxylic acids is 4. The minimum atomic E-state index is -4.41. The number of sulfonamides is 1. The van der Waals surface area contributed by atoms with Crippen molar-refractivity contribution in [3.63, 3.8) is 0 Å². The molecule has 2 aromatic carbocycles. The molecule has 0 bridgehead atoms. The lowest BCUT2D eigenvalue weighted by molar-refractivity contribution is -0.139. The highest BCUT2D eigenvalue weighted by atomic mass is 32.2. The monoisotopic (exact) mass is 572 g/mol. The van der Waals surface area contributed by atoms with Crippen LogP contribution >= 0.6 is 0 Å². The zero-order chi connectivity index (χ0) is 29.1. The molecule has 2 aliphatic rings. The first-order chi connectivity index (χ1) is 19.0. The summed E-state index contributed by atoms with van der Waals surface area (Å²) in [7, 11) is -4.41. The van der Waals surface area contributed by atoms with Crippen molar-refractivity contribution in [3.8, 4) is 11.5 Å². The van der Waals surface area contributed by atoms with E-state index in [-0.39, 0.29) is 42.2 Å². The summed E-state index contributed by atoms with van der Waals surface area (Å²) in [6.45, 7) is 5.59. The number of ether oxygens (including phenoxy) is 2. The number of Topliss-reactive ketones (excluding diaryl/α,β-unsaturated/α-hetero) is 1. The summed E-state index contributed by atoms with van der Waals surface area (Å²) >= 11 is 0. The molecule has 2 aromatic rings. The molecule has 0 aromatic heterocycles. The van der Waals surface area contributed by atoms with E-state index in [1.807, 2.05) is 44.2 Å². The maximum absolute atomic E-state index is 13.4. The third-order valence-electron chi connectivity index (χ3n) is 6.99. The molecule has 40 heavy (non-hydrogen) atoms. The summed E-state index contributed by atoms with van der Waals surface area (Å²) in [4.78, 5) is 51.3. The maximum Gasteiger partial charge on any atom is 0.315 e. The van der Waals surface area contributed by atoms with Crippen LogP contribution in [-0.2, 0) is 31.0 Å². The van der Waals surface area contributed by atoms with E-state index in [4.69, 9.17) is 9.47 Å². The number of hydrogen-bond acceptors (Lipinski definition) is 8. The highest BCUT2D eigenvalue weighted by Crippen LogP contribution is 2.48. The largest absolute Gasteiger partial charge is 0.454 e. The zero-order valence-electron chi connectivity index (χ0n) is 22.4. The van der Waals surface area contributed by atoms with Crippen molar-refractivity contribution in [2.75, 3.05) is 6.79 Å². The van der Waals surface area contributed by atoms with Gasteiger partial charge in [-0.2, -0.15) is 0 Å². The summed E-state index contributed by atoms with van der Waals surface area (Å²) in [6.07, 6.45) is 0.370. The Morgan fingerprint density at radius 2 is 1.73 bits per heavy atom. The smallest absolute Gasteiger partial charge is 0.315 e. The number of rotatable bonds is 11. The molecule has 4 amide bonds. The van der Waals surface area contributed by atoms with Crippen molar-refractivity contribution in [3.05, 3.63) is 54.1 Å². The van der Waals surface area contributed by atoms with Crippen molar-refractivity contribution in [1.29, 1.82) is 0 Å². The number of hydrogen-bond donors (Lipinski definition) is 4. The standard InChI is InChI=1S/C27H32N4O8S/c1-4-20(23(32)24(33)31-40(36,37)18-10-11-21-22(12-18)39-15-38-21)29-25(34)27(13-19(27)16(2)3)30-26(35)28-14-17-8-6-5-7-9-17/h5-12,16,19-20H,4,13-15H2,1-3H3,(H,29,34)(H,31,33)(H2,28,30,35). The van der Waals surface area contributed by atoms with Crippen LogP contribution in [0.4, 0.5) is 4.79 Å². The molecule has 1 aliphatic carbocycles. The van der Waals surface area contributed by atoms with Gasteiger partial charge in [-0.05, 0) is 42.4 Å². The minimum absolute atomic E-state index is 0.0185. The van der Waals surface area contributed by atoms with E-state index in [1.54, 1.807) is 11.6 Å². The van der Waals surface area contributed by atoms with E-state index in [9.17, 15) is 27.6 Å². The molecule has 0 spiro atoms. The van der Waals surface area contributed by atoms with Crippen LogP contribution in [0.2, 0.25) is 0 Å². The van der Waals surface area contributed by atoms with Crippen LogP contribution < -0.4 is 30.1 Å². The molecule has 4 rings (SSSR count). The lowest BCUT2D eigenvalue weighted by Gasteiger charge is -2.24. The van der Waals surface area contributed by atoms with Gasteiger partial charge in [0.05, 0.1) is 10.9 Å². The maximum atomic E-state index is 13.4. The van der Waals surface area contributed by atoms with Gasteiger partial charge in [0.1, 0.15) is 5.54 Å². The van der Waals surface area contributed by atoms with Gasteiger partial charge in [0.15, 0.2) is 11.5 Å². The van der Waals surface area contributed by atoms with Crippen LogP contribution in [0.25, 0.3) is 0 Å². The number of benzene rings is 2. The third kappa shape index (κ3) is 6.19. The lowest BCUT2D eigenvalue weighted by atomic mass is 10.0. The van der Waals surface area contributed by atoms with E-state index < -0.39 is 45.2 Å². The Kier molecular flexibility index (Phi) is 8.33. The number of nitrogens with one attached hydrogen (secondary N) is 4. The first-order valence-corrected chi connectivity index (χ1v) is 14.4. The van der Waals surface area contributed by atoms with E-state index >= 15 is 0 Å². The number of urea groups is 1. The summed E-state index contributed by atoms with van der Waals surface area (Å²) in [6, 6.07) is 11.2. The van der Waals surface area contributed by atoms with Gasteiger partial charge in [-0.1, -0.05) is 51.1 Å². The van der Waals surface area contributed by atoms with Crippen molar-refractivity contribution >= 4 is 33.7 Å². The minimum Gasteiger partial charge on any atom is -0.454 e. The fourth-order valence-corrected chi connectivity index (χ4v) is 5.62. The van der Waals surface area contributed by atoms with E-state index in [0.29, 0.717) is 12.2 Å². The van der Waals surface area contributed by atoms with Crippen LogP contribution in [-0.4, -0.2) is 50.4 Å². The molecule has 0 radical (unpaired) electrons. The molecular formula is C27H32N4O8S. The average Bonchev–Trinajstić information content (AvgIpc) is 3.47. The normalized spacial score (nSPS) is 19.9. The first kappa shape index (κ1) is 28.9. The number of fused-ring (bicyclic) bond motifs is 1. The topological polar surface area (TPSA) is 169 Å². The predicted octanol–water partition coefficient (Wildman–Crippen LogP) is 1.60. The van der Waals surface area contributed by atoms with Gasteiger partial charge in [-0.25, -0.2) is 17.9 Å². The fraction of sp³-hybridized carbons (Fsp3) is 0.407. The molecule has 13 heteroatoms. The Morgan fingerprint density at radius 3 is 2.38 bits per heavy atom. The molecule has 1 aliphatic heterocycles. The molecule has 1 saturated carbocycles. The van der Waals surface area contributed by atoms with Crippen molar-refractivity contribution < 1.29 is 37.1 Å². The molecule has 1 fully saturated rings. The Balaban J connectivity index is 1.40. The second-order valence-electron chi connectivity index (χ2n) is 10.1. The second-order valence-corrected chi connectivity index (χ2v) is 11.7. The lowest BCUT2D eigenvalue weighted by Crippen LogP contribution is -2.57. The number of ketones is 1. The first-order valence-electron chi connectivity index (χ1n) is 12.9. The summed E-state index contributed by atoms with van der Waals surface area (Å²) in [5, 5.41) is 8.04. The van der Waals surface area contributed by atoms with Gasteiger partial charge in [-0.15, -0.1) is 0 Å². The quantitative estimate of drug-likeness (QED) is 0.294. The van der Waals surface area contributed by atoms with Gasteiger partial charge in [0.25, 0.3) is 10.0 Å². The van der Waals surface area contributed by atoms with Gasteiger partial charge in [-0.3, -0.25) is 14.4 Å². The molecule has 3 atom stereocenters. The summed E-state index contributed by atoms with van der Waals surface area (Å²) in [5.74, 6) is -2.75. The van der Waals surface area contributed by atoms with Crippen LogP contribution in [0.15, 0.2) is 53.4 Å². The van der Waals surface area contributed by atoms with Crippen LogP contribution in [0, 0.1) is 11.8 Å². The molecule has 12 nitrogen and oxygen atoms in total. The number of amides is 4. The molecule has 0 saturated heterocycles. The zero-order valence-corrected chi connectivity index (χ0v) is 23.2. The predicted molar refractivity (Wildman–Crippen MR) is 143 cm³/mol. The van der Waals surface area contributed by atoms with Gasteiger partial charge in [0.2, 0.25) is 18.5 Å².